The first-order valence-corrected chi connectivity index (χ1v) is 8.90. The molecule has 0 fully saturated rings. The lowest BCUT2D eigenvalue weighted by Crippen LogP contribution is -2.27. The van der Waals surface area contributed by atoms with E-state index in [1.807, 2.05) is 32.0 Å². The number of hydrogen-bond acceptors (Lipinski definition) is 3. The average molecular weight is 385 g/mol. The first-order valence-electron chi connectivity index (χ1n) is 8.15. The molecular weight excluding hydrogens is 363 g/mol. The van der Waals surface area contributed by atoms with Gasteiger partial charge in [0.2, 0.25) is 0 Å². The Labute approximate surface area is 157 Å². The van der Waals surface area contributed by atoms with Gasteiger partial charge in [0, 0.05) is 13.6 Å². The monoisotopic (exact) mass is 384 g/mol. The maximum atomic E-state index is 12.2. The lowest BCUT2D eigenvalue weighted by atomic mass is 10.1. The number of aromatic nitrogens is 1. The Morgan fingerprint density at radius 3 is 2.40 bits per heavy atom. The van der Waals surface area contributed by atoms with E-state index >= 15 is 0 Å². The van der Waals surface area contributed by atoms with Crippen LogP contribution in [0.3, 0.4) is 0 Å². The molecule has 0 bridgehead atoms. The van der Waals surface area contributed by atoms with Crippen molar-refractivity contribution in [2.75, 3.05) is 19.8 Å². The number of rotatable bonds is 8. The fourth-order valence-corrected chi connectivity index (χ4v) is 2.80. The van der Waals surface area contributed by atoms with Crippen LogP contribution in [-0.4, -0.2) is 30.2 Å². The highest BCUT2D eigenvalue weighted by atomic mass is 35.5. The number of ether oxygens (including phenoxy) is 2. The minimum absolute atomic E-state index is 0.215. The number of nitrogens with one attached hydrogen (secondary N) is 1. The molecule has 0 atom stereocenters. The molecule has 0 radical (unpaired) electrons. The Kier molecular flexibility index (Phi) is 7.02. The van der Waals surface area contributed by atoms with Gasteiger partial charge in [0.15, 0.2) is 11.5 Å². The van der Waals surface area contributed by atoms with E-state index in [1.165, 1.54) is 0 Å². The van der Waals surface area contributed by atoms with E-state index in [-0.39, 0.29) is 5.91 Å². The SMILES string of the molecule is CCOc1ccc(CCNC(=O)c2cc(Cl)c(Cl)n2C)cc1OCC. The summed E-state index contributed by atoms with van der Waals surface area (Å²) in [6, 6.07) is 7.36. The first kappa shape index (κ1) is 19.5. The molecule has 1 aromatic heterocycles. The largest absolute Gasteiger partial charge is 0.490 e. The summed E-state index contributed by atoms with van der Waals surface area (Å²) >= 11 is 11.9. The molecule has 0 aliphatic rings. The quantitative estimate of drug-likeness (QED) is 0.744. The zero-order valence-corrected chi connectivity index (χ0v) is 16.1. The molecule has 1 N–H and O–H groups in total. The summed E-state index contributed by atoms with van der Waals surface area (Å²) in [5, 5.41) is 3.58. The molecule has 1 heterocycles. The number of hydrogen-bond donors (Lipinski definition) is 1. The van der Waals surface area contributed by atoms with Gasteiger partial charge in [-0.2, -0.15) is 0 Å². The Balaban J connectivity index is 1.98. The molecule has 136 valence electrons. The minimum atomic E-state index is -0.215. The molecule has 2 aromatic rings. The Morgan fingerprint density at radius 2 is 1.80 bits per heavy atom. The van der Waals surface area contributed by atoms with Crippen molar-refractivity contribution in [2.24, 2.45) is 7.05 Å². The van der Waals surface area contributed by atoms with E-state index in [0.717, 1.165) is 11.3 Å². The standard InChI is InChI=1S/C18H22Cl2N2O3/c1-4-24-15-7-6-12(10-16(15)25-5-2)8-9-21-18(23)14-11-13(19)17(20)22(14)3/h6-7,10-11H,4-5,8-9H2,1-3H3,(H,21,23). The number of amides is 1. The number of carbonyl (C=O) groups excluding carboxylic acids is 1. The van der Waals surface area contributed by atoms with Crippen LogP contribution in [0.25, 0.3) is 0 Å². The molecule has 0 saturated heterocycles. The second-order valence-corrected chi connectivity index (χ2v) is 6.15. The Hall–Kier alpha value is -1.85. The maximum Gasteiger partial charge on any atom is 0.268 e. The summed E-state index contributed by atoms with van der Waals surface area (Å²) < 4.78 is 12.7. The predicted octanol–water partition coefficient (Wildman–Crippen LogP) is 4.10. The second-order valence-electron chi connectivity index (χ2n) is 5.38. The van der Waals surface area contributed by atoms with Crippen LogP contribution in [0.2, 0.25) is 10.2 Å². The van der Waals surface area contributed by atoms with E-state index in [1.54, 1.807) is 17.7 Å². The van der Waals surface area contributed by atoms with Crippen LogP contribution in [0.1, 0.15) is 29.9 Å². The van der Waals surface area contributed by atoms with Crippen molar-refractivity contribution in [1.82, 2.24) is 9.88 Å². The molecule has 7 heteroatoms. The van der Waals surface area contributed by atoms with Gasteiger partial charge in [0.05, 0.1) is 18.2 Å². The van der Waals surface area contributed by atoms with Gasteiger partial charge in [-0.15, -0.1) is 0 Å². The average Bonchev–Trinajstić information content (AvgIpc) is 2.85. The molecule has 1 amide bonds. The molecule has 0 saturated carbocycles. The molecule has 0 aliphatic carbocycles. The van der Waals surface area contributed by atoms with Gasteiger partial charge in [-0.3, -0.25) is 4.79 Å². The summed E-state index contributed by atoms with van der Waals surface area (Å²) in [5.41, 5.74) is 1.48. The van der Waals surface area contributed by atoms with Crippen molar-refractivity contribution in [3.8, 4) is 11.5 Å². The molecule has 0 aliphatic heterocycles. The van der Waals surface area contributed by atoms with E-state index in [0.29, 0.717) is 47.8 Å². The maximum absolute atomic E-state index is 12.2. The number of halogens is 2. The molecule has 0 unspecified atom stereocenters. The van der Waals surface area contributed by atoms with Crippen molar-refractivity contribution < 1.29 is 14.3 Å². The molecule has 2 rings (SSSR count). The summed E-state index contributed by atoms with van der Waals surface area (Å²) in [7, 11) is 1.70. The Morgan fingerprint density at radius 1 is 1.12 bits per heavy atom. The molecule has 1 aromatic carbocycles. The third kappa shape index (κ3) is 4.83. The highest BCUT2D eigenvalue weighted by Gasteiger charge is 2.15. The van der Waals surface area contributed by atoms with Crippen LogP contribution in [-0.2, 0) is 13.5 Å². The summed E-state index contributed by atoms with van der Waals surface area (Å²) in [6.45, 7) is 5.49. The topological polar surface area (TPSA) is 52.5 Å². The zero-order valence-electron chi connectivity index (χ0n) is 14.6. The van der Waals surface area contributed by atoms with E-state index < -0.39 is 0 Å². The Bertz CT molecular complexity index is 744. The number of nitrogens with zero attached hydrogens (tertiary/aromatic N) is 1. The van der Waals surface area contributed by atoms with Crippen LogP contribution >= 0.6 is 23.2 Å². The summed E-state index contributed by atoms with van der Waals surface area (Å²) in [6.07, 6.45) is 0.671. The van der Waals surface area contributed by atoms with Crippen molar-refractivity contribution in [2.45, 2.75) is 20.3 Å². The molecule has 0 spiro atoms. The van der Waals surface area contributed by atoms with Gasteiger partial charge >= 0.3 is 0 Å². The van der Waals surface area contributed by atoms with Crippen LogP contribution < -0.4 is 14.8 Å². The van der Waals surface area contributed by atoms with Gasteiger partial charge in [-0.25, -0.2) is 0 Å². The van der Waals surface area contributed by atoms with Crippen molar-refractivity contribution in [3.05, 3.63) is 45.7 Å². The summed E-state index contributed by atoms with van der Waals surface area (Å²) in [4.78, 5) is 12.2. The third-order valence-corrected chi connectivity index (χ3v) is 4.50. The minimum Gasteiger partial charge on any atom is -0.490 e. The normalized spacial score (nSPS) is 10.6. The highest BCUT2D eigenvalue weighted by Crippen LogP contribution is 2.28. The van der Waals surface area contributed by atoms with E-state index in [9.17, 15) is 4.79 Å². The molecular formula is C18H22Cl2N2O3. The van der Waals surface area contributed by atoms with Gasteiger partial charge in [-0.1, -0.05) is 29.3 Å². The van der Waals surface area contributed by atoms with Crippen molar-refractivity contribution in [3.63, 3.8) is 0 Å². The van der Waals surface area contributed by atoms with Gasteiger partial charge in [0.1, 0.15) is 10.8 Å². The summed E-state index contributed by atoms with van der Waals surface area (Å²) in [5.74, 6) is 1.23. The fourth-order valence-electron chi connectivity index (χ4n) is 2.42. The zero-order chi connectivity index (χ0) is 18.4. The fraction of sp³-hybridized carbons (Fsp3) is 0.389. The van der Waals surface area contributed by atoms with Crippen molar-refractivity contribution in [1.29, 1.82) is 0 Å². The smallest absolute Gasteiger partial charge is 0.268 e. The molecule has 5 nitrogen and oxygen atoms in total. The van der Waals surface area contributed by atoms with E-state index in [2.05, 4.69) is 5.32 Å². The molecule has 25 heavy (non-hydrogen) atoms. The van der Waals surface area contributed by atoms with Crippen LogP contribution in [0.15, 0.2) is 24.3 Å². The van der Waals surface area contributed by atoms with Crippen LogP contribution in [0, 0.1) is 0 Å². The lowest BCUT2D eigenvalue weighted by Gasteiger charge is -2.12. The predicted molar refractivity (Wildman–Crippen MR) is 100 cm³/mol. The number of benzene rings is 1. The van der Waals surface area contributed by atoms with E-state index in [4.69, 9.17) is 32.7 Å². The van der Waals surface area contributed by atoms with Crippen LogP contribution in [0.4, 0.5) is 0 Å². The highest BCUT2D eigenvalue weighted by molar-refractivity contribution is 6.41. The van der Waals surface area contributed by atoms with Crippen molar-refractivity contribution >= 4 is 29.1 Å². The second kappa shape index (κ2) is 9.02. The lowest BCUT2D eigenvalue weighted by molar-refractivity contribution is 0.0946. The van der Waals surface area contributed by atoms with Crippen LogP contribution in [0.5, 0.6) is 11.5 Å². The third-order valence-electron chi connectivity index (χ3n) is 3.66. The first-order chi connectivity index (χ1) is 12.0. The van der Waals surface area contributed by atoms with Gasteiger partial charge in [0.25, 0.3) is 5.91 Å². The van der Waals surface area contributed by atoms with Gasteiger partial charge in [-0.05, 0) is 44.0 Å². The number of carbonyl (C=O) groups is 1. The van der Waals surface area contributed by atoms with Gasteiger partial charge < -0.3 is 19.4 Å².